The van der Waals surface area contributed by atoms with Crippen LogP contribution in [0.25, 0.3) is 5.52 Å². The fourth-order valence-corrected chi connectivity index (χ4v) is 3.17. The van der Waals surface area contributed by atoms with Crippen molar-refractivity contribution in [3.05, 3.63) is 24.2 Å². The van der Waals surface area contributed by atoms with Crippen LogP contribution in [0.2, 0.25) is 0 Å². The van der Waals surface area contributed by atoms with Crippen LogP contribution in [0.4, 0.5) is 13.2 Å². The second-order valence-corrected chi connectivity index (χ2v) is 6.00. The molecule has 104 valence electrons. The number of hydrogen-bond donors (Lipinski definition) is 0. The molecule has 0 N–H and O–H groups in total. The van der Waals surface area contributed by atoms with Crippen molar-refractivity contribution < 1.29 is 21.6 Å². The van der Waals surface area contributed by atoms with Gasteiger partial charge in [0.25, 0.3) is 0 Å². The lowest BCUT2D eigenvalue weighted by molar-refractivity contribution is -0.141. The molecule has 2 aromatic rings. The van der Waals surface area contributed by atoms with Gasteiger partial charge in [-0.3, -0.25) is 0 Å². The van der Waals surface area contributed by atoms with Gasteiger partial charge in [-0.1, -0.05) is 0 Å². The van der Waals surface area contributed by atoms with Gasteiger partial charge in [0.2, 0.25) is 0 Å². The molecule has 0 fully saturated rings. The predicted molar refractivity (Wildman–Crippen MR) is 60.8 cm³/mol. The third-order valence-corrected chi connectivity index (χ3v) is 4.34. The highest BCUT2D eigenvalue weighted by atomic mass is 35.5. The predicted octanol–water partition coefficient (Wildman–Crippen LogP) is 1.76. The maximum atomic E-state index is 12.5. The zero-order chi connectivity index (χ0) is 14.3. The average Bonchev–Trinajstić information content (AvgIpc) is 2.71. The van der Waals surface area contributed by atoms with Crippen LogP contribution in [0, 0.1) is 0 Å². The molecular formula is C9H7ClF3N3O2S. The maximum Gasteiger partial charge on any atom is 0.435 e. The lowest BCUT2D eigenvalue weighted by atomic mass is 10.4. The molecule has 0 aliphatic rings. The monoisotopic (exact) mass is 313 g/mol. The Labute approximate surface area is 110 Å². The molecule has 2 aromatic heterocycles. The van der Waals surface area contributed by atoms with Crippen molar-refractivity contribution in [3.63, 3.8) is 0 Å². The fraction of sp³-hybridized carbons (Fsp3) is 0.333. The van der Waals surface area contributed by atoms with Gasteiger partial charge in [-0.2, -0.15) is 18.3 Å². The standard InChI is InChI=1S/C9H7ClF3N3O2S/c10-1-4-19(17,18)8-6-5-7(9(11,12)13)15-16(6)3-2-14-8/h2-3,5H,1,4H2. The molecule has 0 unspecified atom stereocenters. The van der Waals surface area contributed by atoms with Crippen LogP contribution in [0.3, 0.4) is 0 Å². The third-order valence-electron chi connectivity index (χ3n) is 2.29. The Hall–Kier alpha value is -1.35. The Bertz CT molecular complexity index is 711. The van der Waals surface area contributed by atoms with Gasteiger partial charge in [0, 0.05) is 18.3 Å². The summed E-state index contributed by atoms with van der Waals surface area (Å²) in [5.74, 6) is -0.584. The van der Waals surface area contributed by atoms with Crippen molar-refractivity contribution in [2.24, 2.45) is 0 Å². The van der Waals surface area contributed by atoms with Gasteiger partial charge in [0.05, 0.1) is 5.75 Å². The second-order valence-electron chi connectivity index (χ2n) is 3.60. The molecule has 10 heteroatoms. The first kappa shape index (κ1) is 14.1. The molecule has 0 radical (unpaired) electrons. The molecule has 0 saturated heterocycles. The van der Waals surface area contributed by atoms with Crippen molar-refractivity contribution in [3.8, 4) is 0 Å². The van der Waals surface area contributed by atoms with E-state index in [1.807, 2.05) is 0 Å². The van der Waals surface area contributed by atoms with Crippen molar-refractivity contribution >= 4 is 27.0 Å². The highest BCUT2D eigenvalue weighted by Crippen LogP contribution is 2.30. The molecular weight excluding hydrogens is 307 g/mol. The van der Waals surface area contributed by atoms with Crippen LogP contribution in [-0.4, -0.2) is 34.6 Å². The van der Waals surface area contributed by atoms with E-state index < -0.39 is 32.5 Å². The molecule has 2 heterocycles. The van der Waals surface area contributed by atoms with E-state index in [9.17, 15) is 21.6 Å². The van der Waals surface area contributed by atoms with Crippen LogP contribution in [0.15, 0.2) is 23.5 Å². The van der Waals surface area contributed by atoms with Crippen molar-refractivity contribution in [2.75, 3.05) is 11.6 Å². The van der Waals surface area contributed by atoms with Crippen molar-refractivity contribution in [2.45, 2.75) is 11.2 Å². The van der Waals surface area contributed by atoms with Gasteiger partial charge in [-0.05, 0) is 6.07 Å². The molecule has 0 aliphatic heterocycles. The summed E-state index contributed by atoms with van der Waals surface area (Å²) < 4.78 is 62.1. The summed E-state index contributed by atoms with van der Waals surface area (Å²) in [6, 6.07) is 0.647. The Morgan fingerprint density at radius 3 is 2.63 bits per heavy atom. The van der Waals surface area contributed by atoms with E-state index in [4.69, 9.17) is 11.6 Å². The van der Waals surface area contributed by atoms with Gasteiger partial charge in [0.1, 0.15) is 5.52 Å². The van der Waals surface area contributed by atoms with Crippen LogP contribution in [0.5, 0.6) is 0 Å². The highest BCUT2D eigenvalue weighted by Gasteiger charge is 2.35. The van der Waals surface area contributed by atoms with Gasteiger partial charge >= 0.3 is 6.18 Å². The number of nitrogens with zero attached hydrogens (tertiary/aromatic N) is 3. The number of alkyl halides is 4. The van der Waals surface area contributed by atoms with E-state index in [1.54, 1.807) is 0 Å². The van der Waals surface area contributed by atoms with Gasteiger partial charge in [0.15, 0.2) is 20.6 Å². The molecule has 0 atom stereocenters. The molecule has 0 aromatic carbocycles. The number of fused-ring (bicyclic) bond motifs is 1. The highest BCUT2D eigenvalue weighted by molar-refractivity contribution is 7.91. The van der Waals surface area contributed by atoms with E-state index in [0.29, 0.717) is 6.07 Å². The minimum atomic E-state index is -4.65. The summed E-state index contributed by atoms with van der Waals surface area (Å²) in [6.07, 6.45) is -2.44. The summed E-state index contributed by atoms with van der Waals surface area (Å²) in [5.41, 5.74) is -1.40. The molecule has 2 rings (SSSR count). The lowest BCUT2D eigenvalue weighted by Crippen LogP contribution is -2.11. The normalized spacial score (nSPS) is 13.1. The quantitative estimate of drug-likeness (QED) is 0.810. The first-order valence-electron chi connectivity index (χ1n) is 4.96. The molecule has 19 heavy (non-hydrogen) atoms. The van der Waals surface area contributed by atoms with E-state index in [-0.39, 0.29) is 11.4 Å². The topological polar surface area (TPSA) is 64.3 Å². The van der Waals surface area contributed by atoms with Crippen molar-refractivity contribution in [1.82, 2.24) is 14.6 Å². The zero-order valence-corrected chi connectivity index (χ0v) is 10.8. The summed E-state index contributed by atoms with van der Waals surface area (Å²) >= 11 is 5.36. The van der Waals surface area contributed by atoms with E-state index in [2.05, 4.69) is 10.1 Å². The molecule has 0 bridgehead atoms. The number of hydrogen-bond acceptors (Lipinski definition) is 4. The number of sulfone groups is 1. The van der Waals surface area contributed by atoms with Gasteiger partial charge in [-0.15, -0.1) is 11.6 Å². The Kier molecular flexibility index (Phi) is 3.43. The largest absolute Gasteiger partial charge is 0.435 e. The van der Waals surface area contributed by atoms with Crippen molar-refractivity contribution in [1.29, 1.82) is 0 Å². The molecule has 0 saturated carbocycles. The van der Waals surface area contributed by atoms with E-state index in [1.165, 1.54) is 0 Å². The zero-order valence-electron chi connectivity index (χ0n) is 9.22. The maximum absolute atomic E-state index is 12.5. The Balaban J connectivity index is 2.68. The van der Waals surface area contributed by atoms with E-state index in [0.717, 1.165) is 16.9 Å². The summed E-state index contributed by atoms with van der Waals surface area (Å²) in [7, 11) is -3.84. The van der Waals surface area contributed by atoms with E-state index >= 15 is 0 Å². The van der Waals surface area contributed by atoms with Gasteiger partial charge in [-0.25, -0.2) is 17.9 Å². The second kappa shape index (κ2) is 4.64. The van der Waals surface area contributed by atoms with Gasteiger partial charge < -0.3 is 0 Å². The molecule has 0 aliphatic carbocycles. The lowest BCUT2D eigenvalue weighted by Gasteiger charge is -2.02. The molecule has 5 nitrogen and oxygen atoms in total. The Morgan fingerprint density at radius 2 is 2.05 bits per heavy atom. The molecule has 0 spiro atoms. The smallest absolute Gasteiger partial charge is 0.241 e. The average molecular weight is 314 g/mol. The minimum Gasteiger partial charge on any atom is -0.241 e. The van der Waals surface area contributed by atoms with Crippen LogP contribution >= 0.6 is 11.6 Å². The molecule has 0 amide bonds. The Morgan fingerprint density at radius 1 is 1.37 bits per heavy atom. The van der Waals surface area contributed by atoms with Crippen LogP contribution in [0.1, 0.15) is 5.69 Å². The first-order chi connectivity index (χ1) is 8.75. The number of rotatable bonds is 3. The SMILES string of the molecule is O=S(=O)(CCCl)c1nccn2nc(C(F)(F)F)cc12. The van der Waals surface area contributed by atoms with Crippen LogP contribution in [-0.2, 0) is 16.0 Å². The number of halogens is 4. The van der Waals surface area contributed by atoms with Crippen LogP contribution < -0.4 is 0 Å². The summed E-state index contributed by atoms with van der Waals surface area (Å²) in [6.45, 7) is 0. The fourth-order valence-electron chi connectivity index (χ4n) is 1.47. The summed E-state index contributed by atoms with van der Waals surface area (Å²) in [5, 5.41) is 2.81. The number of aromatic nitrogens is 3. The first-order valence-corrected chi connectivity index (χ1v) is 7.15. The minimum absolute atomic E-state index is 0.175. The third kappa shape index (κ3) is 2.66. The summed E-state index contributed by atoms with van der Waals surface area (Å²) in [4.78, 5) is 3.62.